The summed E-state index contributed by atoms with van der Waals surface area (Å²) in [5.74, 6) is 0.207. The molecule has 4 heteroatoms. The molecule has 1 aliphatic carbocycles. The number of carbonyl (C=O) groups excluding carboxylic acids is 1. The molecule has 0 fully saturated rings. The minimum atomic E-state index is 0.198. The zero-order valence-electron chi connectivity index (χ0n) is 15.3. The second-order valence-corrected chi connectivity index (χ2v) is 7.29. The van der Waals surface area contributed by atoms with Crippen LogP contribution in [0.15, 0.2) is 52.7 Å². The van der Waals surface area contributed by atoms with Gasteiger partial charge in [-0.25, -0.2) is 0 Å². The van der Waals surface area contributed by atoms with Gasteiger partial charge in [-0.2, -0.15) is 0 Å². The molecule has 2 rings (SSSR count). The molecule has 0 aliphatic heterocycles. The van der Waals surface area contributed by atoms with Crippen molar-refractivity contribution in [3.63, 3.8) is 0 Å². The van der Waals surface area contributed by atoms with Crippen LogP contribution in [0.3, 0.4) is 0 Å². The smallest absolute Gasteiger partial charge is 0.226 e. The van der Waals surface area contributed by atoms with Crippen molar-refractivity contribution in [3.8, 4) is 0 Å². The van der Waals surface area contributed by atoms with E-state index in [4.69, 9.17) is 0 Å². The molecule has 0 heterocycles. The van der Waals surface area contributed by atoms with E-state index in [9.17, 15) is 4.79 Å². The molecule has 1 aromatic rings. The summed E-state index contributed by atoms with van der Waals surface area (Å²) in [5, 5.41) is 3.54. The number of rotatable bonds is 9. The van der Waals surface area contributed by atoms with E-state index < -0.39 is 0 Å². The fourth-order valence-electron chi connectivity index (χ4n) is 3.12. The molecular weight excluding hydrogens is 376 g/mol. The molecule has 0 radical (unpaired) electrons. The number of benzene rings is 1. The van der Waals surface area contributed by atoms with Crippen LogP contribution in [0.1, 0.15) is 45.1 Å². The van der Waals surface area contributed by atoms with Crippen LogP contribution in [-0.4, -0.2) is 29.9 Å². The predicted molar refractivity (Wildman–Crippen MR) is 108 cm³/mol. The number of nitrogens with one attached hydrogen (secondary N) is 1. The second kappa shape index (κ2) is 10.6. The van der Waals surface area contributed by atoms with Gasteiger partial charge >= 0.3 is 0 Å². The summed E-state index contributed by atoms with van der Waals surface area (Å²) in [4.78, 5) is 14.5. The van der Waals surface area contributed by atoms with Crippen molar-refractivity contribution < 1.29 is 4.79 Å². The van der Waals surface area contributed by atoms with Gasteiger partial charge < -0.3 is 10.2 Å². The number of halogens is 1. The van der Waals surface area contributed by atoms with Crippen LogP contribution in [-0.2, 0) is 11.2 Å². The molecule has 1 atom stereocenters. The number of allylic oxidation sites excluding steroid dienone is 3. The Bertz CT molecular complexity index is 624. The third-order valence-corrected chi connectivity index (χ3v) is 5.01. The monoisotopic (exact) mass is 404 g/mol. The fourth-order valence-corrected chi connectivity index (χ4v) is 3.57. The topological polar surface area (TPSA) is 32.3 Å². The lowest BCUT2D eigenvalue weighted by Crippen LogP contribution is -2.45. The van der Waals surface area contributed by atoms with Crippen LogP contribution in [0, 0.1) is 0 Å². The number of nitrogens with zero attached hydrogens (tertiary/aromatic N) is 1. The average Bonchev–Trinajstić information content (AvgIpc) is 2.64. The first-order chi connectivity index (χ1) is 12.2. The van der Waals surface area contributed by atoms with Crippen LogP contribution in [0.2, 0.25) is 0 Å². The molecule has 1 N–H and O–H groups in total. The molecule has 0 aromatic heterocycles. The van der Waals surface area contributed by atoms with Gasteiger partial charge in [0.15, 0.2) is 0 Å². The average molecular weight is 405 g/mol. The molecule has 0 saturated carbocycles. The van der Waals surface area contributed by atoms with Gasteiger partial charge in [0.2, 0.25) is 5.91 Å². The van der Waals surface area contributed by atoms with Gasteiger partial charge in [0.1, 0.15) is 0 Å². The number of carbonyl (C=O) groups is 1. The first-order valence-corrected chi connectivity index (χ1v) is 10.1. The van der Waals surface area contributed by atoms with Crippen molar-refractivity contribution in [2.24, 2.45) is 0 Å². The van der Waals surface area contributed by atoms with Crippen LogP contribution >= 0.6 is 15.9 Å². The summed E-state index contributed by atoms with van der Waals surface area (Å²) in [7, 11) is 0. The highest BCUT2D eigenvalue weighted by atomic mass is 79.9. The van der Waals surface area contributed by atoms with Crippen LogP contribution in [0.5, 0.6) is 0 Å². The zero-order chi connectivity index (χ0) is 18.1. The third kappa shape index (κ3) is 6.12. The largest absolute Gasteiger partial charge is 0.314 e. The van der Waals surface area contributed by atoms with E-state index >= 15 is 0 Å². The summed E-state index contributed by atoms with van der Waals surface area (Å²) in [6, 6.07) is 8.61. The third-order valence-electron chi connectivity index (χ3n) is 4.52. The summed E-state index contributed by atoms with van der Waals surface area (Å²) < 4.78 is 1.12. The maximum Gasteiger partial charge on any atom is 0.226 e. The minimum absolute atomic E-state index is 0.198. The molecule has 1 amide bonds. The van der Waals surface area contributed by atoms with Gasteiger partial charge in [0.05, 0.1) is 0 Å². The highest BCUT2D eigenvalue weighted by molar-refractivity contribution is 9.10. The highest BCUT2D eigenvalue weighted by Crippen LogP contribution is 2.20. The summed E-state index contributed by atoms with van der Waals surface area (Å²) in [6.07, 6.45) is 11.0. The molecule has 0 saturated heterocycles. The SMILES string of the molecule is CCC(=O)N(C1=CCCC=C1)C(CC)CNCCc1cccc(Br)c1. The van der Waals surface area contributed by atoms with E-state index in [0.29, 0.717) is 6.42 Å². The van der Waals surface area contributed by atoms with E-state index in [2.05, 4.69) is 64.6 Å². The summed E-state index contributed by atoms with van der Waals surface area (Å²) >= 11 is 3.52. The molecule has 0 bridgehead atoms. The normalized spacial score (nSPS) is 14.9. The summed E-state index contributed by atoms with van der Waals surface area (Å²) in [5.41, 5.74) is 2.38. The van der Waals surface area contributed by atoms with Crippen LogP contribution in [0.4, 0.5) is 0 Å². The molecular formula is C21H29BrN2O. The van der Waals surface area contributed by atoms with Crippen molar-refractivity contribution in [2.75, 3.05) is 13.1 Å². The maximum absolute atomic E-state index is 12.5. The molecule has 1 aliphatic rings. The minimum Gasteiger partial charge on any atom is -0.314 e. The second-order valence-electron chi connectivity index (χ2n) is 6.37. The lowest BCUT2D eigenvalue weighted by Gasteiger charge is -2.33. The Balaban J connectivity index is 1.92. The fraction of sp³-hybridized carbons (Fsp3) is 0.476. The molecule has 0 spiro atoms. The Morgan fingerprint density at radius 3 is 2.80 bits per heavy atom. The Kier molecular flexibility index (Phi) is 8.42. The first kappa shape index (κ1) is 19.9. The number of hydrogen-bond acceptors (Lipinski definition) is 2. The molecule has 25 heavy (non-hydrogen) atoms. The lowest BCUT2D eigenvalue weighted by atomic mass is 10.1. The van der Waals surface area contributed by atoms with E-state index in [1.807, 2.05) is 17.9 Å². The van der Waals surface area contributed by atoms with E-state index in [0.717, 1.165) is 48.9 Å². The van der Waals surface area contributed by atoms with E-state index in [1.165, 1.54) is 5.56 Å². The van der Waals surface area contributed by atoms with Gasteiger partial charge in [-0.15, -0.1) is 0 Å². The molecule has 3 nitrogen and oxygen atoms in total. The van der Waals surface area contributed by atoms with Gasteiger partial charge in [0, 0.05) is 29.2 Å². The Morgan fingerprint density at radius 2 is 2.16 bits per heavy atom. The van der Waals surface area contributed by atoms with E-state index in [1.54, 1.807) is 0 Å². The van der Waals surface area contributed by atoms with Gasteiger partial charge in [0.25, 0.3) is 0 Å². The summed E-state index contributed by atoms with van der Waals surface area (Å²) in [6.45, 7) is 5.83. The Labute approximate surface area is 160 Å². The van der Waals surface area contributed by atoms with Crippen LogP contribution < -0.4 is 5.32 Å². The predicted octanol–water partition coefficient (Wildman–Crippen LogP) is 4.83. The lowest BCUT2D eigenvalue weighted by molar-refractivity contribution is -0.130. The highest BCUT2D eigenvalue weighted by Gasteiger charge is 2.23. The quantitative estimate of drug-likeness (QED) is 0.597. The molecule has 136 valence electrons. The van der Waals surface area contributed by atoms with Crippen molar-refractivity contribution in [1.82, 2.24) is 10.2 Å². The van der Waals surface area contributed by atoms with Crippen molar-refractivity contribution in [3.05, 3.63) is 58.2 Å². The van der Waals surface area contributed by atoms with E-state index in [-0.39, 0.29) is 11.9 Å². The van der Waals surface area contributed by atoms with Gasteiger partial charge in [-0.3, -0.25) is 4.79 Å². The van der Waals surface area contributed by atoms with Crippen molar-refractivity contribution >= 4 is 21.8 Å². The Hall–Kier alpha value is -1.39. The van der Waals surface area contributed by atoms with Crippen molar-refractivity contribution in [2.45, 2.75) is 52.0 Å². The first-order valence-electron chi connectivity index (χ1n) is 9.29. The van der Waals surface area contributed by atoms with Gasteiger partial charge in [-0.1, -0.05) is 54.1 Å². The molecule has 1 aromatic carbocycles. The zero-order valence-corrected chi connectivity index (χ0v) is 16.9. The van der Waals surface area contributed by atoms with Gasteiger partial charge in [-0.05, 0) is 56.0 Å². The standard InChI is InChI=1S/C21H29BrN2O/c1-3-19(16-23-14-13-17-9-8-10-18(22)15-17)24(21(25)4-2)20-11-6-5-7-12-20/h6,8-12,15,19,23H,3-5,7,13-14,16H2,1-2H3. The van der Waals surface area contributed by atoms with Crippen molar-refractivity contribution in [1.29, 1.82) is 0 Å². The number of hydrogen-bond donors (Lipinski definition) is 1. The van der Waals surface area contributed by atoms with Crippen LogP contribution in [0.25, 0.3) is 0 Å². The Morgan fingerprint density at radius 1 is 1.32 bits per heavy atom. The molecule has 1 unspecified atom stereocenters. The maximum atomic E-state index is 12.5. The number of amides is 1.